The topological polar surface area (TPSA) is 103 Å². The first-order valence-corrected chi connectivity index (χ1v) is 11.7. The number of hydrogen-bond acceptors (Lipinski definition) is 7. The molecule has 0 amide bonds. The number of ether oxygens (including phenoxy) is 1. The first kappa shape index (κ1) is 21.7. The standard InChI is InChI=1S/C25H20N4O4S/c1-32-18-5-3-4-15(12-18)14-29-24(30)20-11-8-17(13-21(20)26-25(29)31)23-27-22(28-33-23)16-6-9-19(34-2)10-7-16/h3-13H,14H2,1-2H3,(H,26,31). The molecule has 1 N–H and O–H groups in total. The fourth-order valence-electron chi connectivity index (χ4n) is 3.68. The third-order valence-corrected chi connectivity index (χ3v) is 6.22. The van der Waals surface area contributed by atoms with Gasteiger partial charge in [0.2, 0.25) is 5.82 Å². The van der Waals surface area contributed by atoms with Gasteiger partial charge in [0.1, 0.15) is 5.75 Å². The molecule has 0 spiro atoms. The monoisotopic (exact) mass is 472 g/mol. The van der Waals surface area contributed by atoms with Gasteiger partial charge in [0, 0.05) is 16.0 Å². The highest BCUT2D eigenvalue weighted by Gasteiger charge is 2.14. The first-order valence-electron chi connectivity index (χ1n) is 10.4. The van der Waals surface area contributed by atoms with Gasteiger partial charge in [-0.2, -0.15) is 4.98 Å². The predicted molar refractivity (Wildman–Crippen MR) is 131 cm³/mol. The lowest BCUT2D eigenvalue weighted by Crippen LogP contribution is -2.35. The maximum atomic E-state index is 13.1. The maximum Gasteiger partial charge on any atom is 0.329 e. The van der Waals surface area contributed by atoms with E-state index in [0.717, 1.165) is 16.0 Å². The summed E-state index contributed by atoms with van der Waals surface area (Å²) in [7, 11) is 1.57. The molecule has 2 heterocycles. The first-order chi connectivity index (χ1) is 16.6. The summed E-state index contributed by atoms with van der Waals surface area (Å²) >= 11 is 1.65. The highest BCUT2D eigenvalue weighted by atomic mass is 32.2. The molecule has 8 nitrogen and oxygen atoms in total. The van der Waals surface area contributed by atoms with Crippen LogP contribution in [-0.4, -0.2) is 33.1 Å². The Morgan fingerprint density at radius 3 is 2.59 bits per heavy atom. The molecular formula is C25H20N4O4S. The Balaban J connectivity index is 1.48. The number of aromatic nitrogens is 4. The highest BCUT2D eigenvalue weighted by molar-refractivity contribution is 7.98. The van der Waals surface area contributed by atoms with Crippen LogP contribution in [0.3, 0.4) is 0 Å². The molecule has 170 valence electrons. The van der Waals surface area contributed by atoms with Crippen molar-refractivity contribution in [3.05, 3.63) is 93.1 Å². The van der Waals surface area contributed by atoms with Crippen molar-refractivity contribution in [3.8, 4) is 28.6 Å². The quantitative estimate of drug-likeness (QED) is 0.370. The van der Waals surface area contributed by atoms with E-state index in [1.54, 1.807) is 49.2 Å². The number of nitrogens with zero attached hydrogens (tertiary/aromatic N) is 3. The lowest BCUT2D eigenvalue weighted by Gasteiger charge is -2.08. The van der Waals surface area contributed by atoms with Crippen LogP contribution in [0, 0.1) is 0 Å². The SMILES string of the molecule is COc1cccc(Cn2c(=O)[nH]c3cc(-c4nc(-c5ccc(SC)cc5)no4)ccc3c2=O)c1. The average Bonchev–Trinajstić information content (AvgIpc) is 3.37. The molecule has 34 heavy (non-hydrogen) atoms. The summed E-state index contributed by atoms with van der Waals surface area (Å²) < 4.78 is 11.8. The summed E-state index contributed by atoms with van der Waals surface area (Å²) in [5.41, 5.74) is 1.74. The molecule has 0 fully saturated rings. The zero-order chi connectivity index (χ0) is 23.7. The maximum absolute atomic E-state index is 13.1. The van der Waals surface area contributed by atoms with Gasteiger partial charge in [0.05, 0.1) is 24.6 Å². The van der Waals surface area contributed by atoms with Crippen molar-refractivity contribution in [2.75, 3.05) is 13.4 Å². The van der Waals surface area contributed by atoms with E-state index >= 15 is 0 Å². The van der Waals surface area contributed by atoms with Gasteiger partial charge < -0.3 is 14.2 Å². The lowest BCUT2D eigenvalue weighted by atomic mass is 10.1. The summed E-state index contributed by atoms with van der Waals surface area (Å²) in [6.45, 7) is 0.130. The van der Waals surface area contributed by atoms with Gasteiger partial charge >= 0.3 is 5.69 Å². The van der Waals surface area contributed by atoms with Crippen LogP contribution in [0.2, 0.25) is 0 Å². The number of nitrogens with one attached hydrogen (secondary N) is 1. The van der Waals surface area contributed by atoms with Crippen molar-refractivity contribution < 1.29 is 9.26 Å². The fourth-order valence-corrected chi connectivity index (χ4v) is 4.09. The third kappa shape index (κ3) is 4.13. The van der Waals surface area contributed by atoms with Crippen molar-refractivity contribution in [1.82, 2.24) is 19.7 Å². The smallest absolute Gasteiger partial charge is 0.329 e. The van der Waals surface area contributed by atoms with Crippen molar-refractivity contribution in [1.29, 1.82) is 0 Å². The number of fused-ring (bicyclic) bond motifs is 1. The van der Waals surface area contributed by atoms with E-state index in [9.17, 15) is 9.59 Å². The van der Waals surface area contributed by atoms with Gasteiger partial charge in [-0.1, -0.05) is 17.3 Å². The lowest BCUT2D eigenvalue weighted by molar-refractivity contribution is 0.414. The zero-order valence-electron chi connectivity index (χ0n) is 18.4. The molecule has 0 saturated heterocycles. The van der Waals surface area contributed by atoms with Crippen LogP contribution in [0.4, 0.5) is 0 Å². The number of H-pyrrole nitrogens is 1. The van der Waals surface area contributed by atoms with Gasteiger partial charge in [-0.05, 0) is 66.4 Å². The Morgan fingerprint density at radius 1 is 1.03 bits per heavy atom. The molecule has 5 aromatic rings. The second kappa shape index (κ2) is 9.03. The molecule has 0 atom stereocenters. The number of rotatable bonds is 6. The van der Waals surface area contributed by atoms with E-state index in [2.05, 4.69) is 15.1 Å². The van der Waals surface area contributed by atoms with Crippen LogP contribution < -0.4 is 16.0 Å². The van der Waals surface area contributed by atoms with Gasteiger partial charge in [0.15, 0.2) is 0 Å². The van der Waals surface area contributed by atoms with Gasteiger partial charge in [-0.25, -0.2) is 4.79 Å². The van der Waals surface area contributed by atoms with E-state index in [1.807, 2.05) is 42.7 Å². The Bertz CT molecular complexity index is 1600. The second-order valence-electron chi connectivity index (χ2n) is 7.58. The molecule has 2 aromatic heterocycles. The number of benzene rings is 3. The molecule has 0 radical (unpaired) electrons. The predicted octanol–water partition coefficient (Wildman–Crippen LogP) is 4.19. The van der Waals surface area contributed by atoms with Crippen LogP contribution >= 0.6 is 11.8 Å². The summed E-state index contributed by atoms with van der Waals surface area (Å²) in [4.78, 5) is 34.2. The van der Waals surface area contributed by atoms with E-state index in [1.165, 1.54) is 4.57 Å². The summed E-state index contributed by atoms with van der Waals surface area (Å²) in [5.74, 6) is 1.42. The molecule has 0 unspecified atom stereocenters. The minimum atomic E-state index is -0.502. The number of aromatic amines is 1. The van der Waals surface area contributed by atoms with Crippen LogP contribution in [0.25, 0.3) is 33.7 Å². The van der Waals surface area contributed by atoms with E-state index in [-0.39, 0.29) is 12.1 Å². The van der Waals surface area contributed by atoms with Crippen molar-refractivity contribution >= 4 is 22.7 Å². The number of hydrogen-bond donors (Lipinski definition) is 1. The third-order valence-electron chi connectivity index (χ3n) is 5.48. The second-order valence-corrected chi connectivity index (χ2v) is 8.46. The molecule has 0 aliphatic rings. The molecule has 0 bridgehead atoms. The number of thioether (sulfide) groups is 1. The molecule has 0 aliphatic carbocycles. The van der Waals surface area contributed by atoms with Crippen LogP contribution in [0.15, 0.2) is 85.7 Å². The molecular weight excluding hydrogens is 452 g/mol. The largest absolute Gasteiger partial charge is 0.497 e. The van der Waals surface area contributed by atoms with Crippen molar-refractivity contribution in [3.63, 3.8) is 0 Å². The minimum Gasteiger partial charge on any atom is -0.497 e. The zero-order valence-corrected chi connectivity index (χ0v) is 19.3. The Kier molecular flexibility index (Phi) is 5.77. The Morgan fingerprint density at radius 2 is 1.82 bits per heavy atom. The molecule has 0 saturated carbocycles. The Labute approximate surface area is 198 Å². The van der Waals surface area contributed by atoms with Crippen molar-refractivity contribution in [2.45, 2.75) is 11.4 Å². The van der Waals surface area contributed by atoms with E-state index in [4.69, 9.17) is 9.26 Å². The average molecular weight is 473 g/mol. The Hall–Kier alpha value is -4.11. The van der Waals surface area contributed by atoms with Crippen LogP contribution in [0.5, 0.6) is 5.75 Å². The van der Waals surface area contributed by atoms with Crippen LogP contribution in [0.1, 0.15) is 5.56 Å². The van der Waals surface area contributed by atoms with Gasteiger partial charge in [-0.15, -0.1) is 11.8 Å². The molecule has 9 heteroatoms. The highest BCUT2D eigenvalue weighted by Crippen LogP contribution is 2.25. The van der Waals surface area contributed by atoms with Crippen LogP contribution in [-0.2, 0) is 6.54 Å². The minimum absolute atomic E-state index is 0.130. The van der Waals surface area contributed by atoms with E-state index < -0.39 is 5.69 Å². The summed E-state index contributed by atoms with van der Waals surface area (Å²) in [6.07, 6.45) is 2.01. The summed E-state index contributed by atoms with van der Waals surface area (Å²) in [6, 6.07) is 20.2. The number of methoxy groups -OCH3 is 1. The molecule has 0 aliphatic heterocycles. The van der Waals surface area contributed by atoms with E-state index in [0.29, 0.717) is 33.9 Å². The molecule has 3 aromatic carbocycles. The summed E-state index contributed by atoms with van der Waals surface area (Å²) in [5, 5.41) is 4.46. The molecule has 5 rings (SSSR count). The van der Waals surface area contributed by atoms with Gasteiger partial charge in [0.25, 0.3) is 11.4 Å². The fraction of sp³-hybridized carbons (Fsp3) is 0.120. The van der Waals surface area contributed by atoms with Gasteiger partial charge in [-0.3, -0.25) is 9.36 Å². The normalized spacial score (nSPS) is 11.1. The van der Waals surface area contributed by atoms with Crippen molar-refractivity contribution in [2.24, 2.45) is 0 Å².